The molecule has 0 spiro atoms. The highest BCUT2D eigenvalue weighted by Crippen LogP contribution is 2.30. The van der Waals surface area contributed by atoms with Crippen molar-refractivity contribution in [3.63, 3.8) is 0 Å². The Kier molecular flexibility index (Phi) is 4.98. The van der Waals surface area contributed by atoms with Gasteiger partial charge in [-0.1, -0.05) is 57.2 Å². The van der Waals surface area contributed by atoms with Gasteiger partial charge < -0.3 is 10.6 Å². The van der Waals surface area contributed by atoms with Gasteiger partial charge in [0, 0.05) is 17.6 Å². The highest BCUT2D eigenvalue weighted by atomic mass is 16.1. The van der Waals surface area contributed by atoms with Crippen molar-refractivity contribution >= 4 is 23.2 Å². The fraction of sp³-hybridized carbons (Fsp3) is 0.190. The molecule has 0 bridgehead atoms. The number of rotatable bonds is 4. The number of anilines is 3. The minimum absolute atomic E-state index is 0.0219. The lowest BCUT2D eigenvalue weighted by molar-refractivity contribution is 0.102. The number of carbonyl (C=O) groups is 1. The molecular formula is C21H22N4O. The third-order valence-corrected chi connectivity index (χ3v) is 3.90. The van der Waals surface area contributed by atoms with Crippen LogP contribution in [-0.2, 0) is 5.41 Å². The molecule has 1 heterocycles. The Hall–Kier alpha value is -3.21. The van der Waals surface area contributed by atoms with Crippen LogP contribution in [0, 0.1) is 0 Å². The Morgan fingerprint density at radius 1 is 0.923 bits per heavy atom. The maximum atomic E-state index is 12.4. The average Bonchev–Trinajstić information content (AvgIpc) is 2.62. The van der Waals surface area contributed by atoms with Crippen molar-refractivity contribution < 1.29 is 4.79 Å². The van der Waals surface area contributed by atoms with E-state index in [0.717, 1.165) is 16.9 Å². The van der Waals surface area contributed by atoms with Crippen molar-refractivity contribution in [2.24, 2.45) is 0 Å². The molecule has 0 saturated heterocycles. The van der Waals surface area contributed by atoms with Crippen LogP contribution in [0.3, 0.4) is 0 Å². The van der Waals surface area contributed by atoms with Crippen LogP contribution < -0.4 is 10.6 Å². The summed E-state index contributed by atoms with van der Waals surface area (Å²) in [6, 6.07) is 18.9. The van der Waals surface area contributed by atoms with E-state index in [4.69, 9.17) is 0 Å². The molecule has 1 amide bonds. The smallest absolute Gasteiger partial charge is 0.274 e. The zero-order chi connectivity index (χ0) is 18.6. The second kappa shape index (κ2) is 7.35. The lowest BCUT2D eigenvalue weighted by Crippen LogP contribution is -2.16. The zero-order valence-electron chi connectivity index (χ0n) is 15.2. The molecule has 2 N–H and O–H groups in total. The fourth-order valence-corrected chi connectivity index (χ4v) is 2.63. The van der Waals surface area contributed by atoms with E-state index in [1.165, 1.54) is 0 Å². The quantitative estimate of drug-likeness (QED) is 0.714. The summed E-state index contributed by atoms with van der Waals surface area (Å²) in [7, 11) is 0. The Balaban J connectivity index is 1.81. The first kappa shape index (κ1) is 17.6. The molecule has 0 aliphatic rings. The Morgan fingerprint density at radius 2 is 1.62 bits per heavy atom. The van der Waals surface area contributed by atoms with E-state index in [2.05, 4.69) is 47.4 Å². The lowest BCUT2D eigenvalue weighted by Gasteiger charge is -2.23. The maximum absolute atomic E-state index is 12.4. The molecule has 1 aromatic heterocycles. The number of hydrogen-bond donors (Lipinski definition) is 2. The molecule has 0 unspecified atom stereocenters. The third-order valence-electron chi connectivity index (χ3n) is 3.90. The summed E-state index contributed by atoms with van der Waals surface area (Å²) < 4.78 is 0. The van der Waals surface area contributed by atoms with Gasteiger partial charge in [-0.3, -0.25) is 4.79 Å². The Morgan fingerprint density at radius 3 is 2.35 bits per heavy atom. The van der Waals surface area contributed by atoms with Crippen LogP contribution >= 0.6 is 0 Å². The SMILES string of the molecule is CC(C)(C)c1ccccc1Nc1nccc(C(=O)Nc2ccccc2)n1. The summed E-state index contributed by atoms with van der Waals surface area (Å²) in [5.41, 5.74) is 3.10. The van der Waals surface area contributed by atoms with Gasteiger partial charge in [0.25, 0.3) is 5.91 Å². The van der Waals surface area contributed by atoms with Crippen LogP contribution in [0.15, 0.2) is 66.9 Å². The first-order chi connectivity index (χ1) is 12.4. The molecule has 5 nitrogen and oxygen atoms in total. The van der Waals surface area contributed by atoms with E-state index in [0.29, 0.717) is 11.6 Å². The number of nitrogens with one attached hydrogen (secondary N) is 2. The topological polar surface area (TPSA) is 66.9 Å². The van der Waals surface area contributed by atoms with E-state index in [1.54, 1.807) is 12.3 Å². The van der Waals surface area contributed by atoms with Gasteiger partial charge in [-0.2, -0.15) is 0 Å². The Bertz CT molecular complexity index is 901. The molecule has 0 fully saturated rings. The number of hydrogen-bond acceptors (Lipinski definition) is 4. The molecule has 0 atom stereocenters. The molecule has 0 saturated carbocycles. The fourth-order valence-electron chi connectivity index (χ4n) is 2.63. The van der Waals surface area contributed by atoms with Crippen molar-refractivity contribution in [2.45, 2.75) is 26.2 Å². The minimum atomic E-state index is -0.272. The molecule has 0 radical (unpaired) electrons. The second-order valence-electron chi connectivity index (χ2n) is 7.01. The molecule has 3 aromatic rings. The van der Waals surface area contributed by atoms with Gasteiger partial charge in [0.1, 0.15) is 5.69 Å². The van der Waals surface area contributed by atoms with Gasteiger partial charge in [0.05, 0.1) is 0 Å². The predicted octanol–water partition coefficient (Wildman–Crippen LogP) is 4.77. The molecule has 2 aromatic carbocycles. The minimum Gasteiger partial charge on any atom is -0.324 e. The van der Waals surface area contributed by atoms with Crippen LogP contribution in [0.25, 0.3) is 0 Å². The molecule has 0 aliphatic heterocycles. The van der Waals surface area contributed by atoms with Crippen molar-refractivity contribution in [2.75, 3.05) is 10.6 Å². The normalized spacial score (nSPS) is 11.0. The summed E-state index contributed by atoms with van der Waals surface area (Å²) in [5, 5.41) is 6.06. The van der Waals surface area contributed by atoms with Crippen LogP contribution in [0.1, 0.15) is 36.8 Å². The Labute approximate surface area is 153 Å². The molecule has 0 aliphatic carbocycles. The van der Waals surface area contributed by atoms with Gasteiger partial charge in [0.2, 0.25) is 5.95 Å². The van der Waals surface area contributed by atoms with Crippen molar-refractivity contribution in [3.8, 4) is 0 Å². The van der Waals surface area contributed by atoms with Crippen LogP contribution in [0.4, 0.5) is 17.3 Å². The average molecular weight is 346 g/mol. The first-order valence-corrected chi connectivity index (χ1v) is 8.49. The first-order valence-electron chi connectivity index (χ1n) is 8.49. The van der Waals surface area contributed by atoms with E-state index >= 15 is 0 Å². The largest absolute Gasteiger partial charge is 0.324 e. The van der Waals surface area contributed by atoms with Gasteiger partial charge in [-0.05, 0) is 35.2 Å². The van der Waals surface area contributed by atoms with E-state index in [9.17, 15) is 4.79 Å². The van der Waals surface area contributed by atoms with E-state index in [1.807, 2.05) is 48.5 Å². The second-order valence-corrected chi connectivity index (χ2v) is 7.01. The van der Waals surface area contributed by atoms with Crippen molar-refractivity contribution in [1.29, 1.82) is 0 Å². The third kappa shape index (κ3) is 4.25. The number of benzene rings is 2. The summed E-state index contributed by atoms with van der Waals surface area (Å²) in [5.74, 6) is 0.119. The van der Waals surface area contributed by atoms with Crippen LogP contribution in [-0.4, -0.2) is 15.9 Å². The summed E-state index contributed by atoms with van der Waals surface area (Å²) in [6.45, 7) is 6.45. The summed E-state index contributed by atoms with van der Waals surface area (Å²) >= 11 is 0. The molecule has 5 heteroatoms. The van der Waals surface area contributed by atoms with Gasteiger partial charge in [0.15, 0.2) is 0 Å². The summed E-state index contributed by atoms with van der Waals surface area (Å²) in [6.07, 6.45) is 1.58. The number of amides is 1. The van der Waals surface area contributed by atoms with Crippen molar-refractivity contribution in [3.05, 3.63) is 78.1 Å². The standard InChI is InChI=1S/C21H22N4O/c1-21(2,3)16-11-7-8-12-17(16)24-20-22-14-13-18(25-20)19(26)23-15-9-5-4-6-10-15/h4-14H,1-3H3,(H,23,26)(H,22,24,25). The monoisotopic (exact) mass is 346 g/mol. The highest BCUT2D eigenvalue weighted by Gasteiger charge is 2.18. The number of carbonyl (C=O) groups excluding carboxylic acids is 1. The maximum Gasteiger partial charge on any atom is 0.274 e. The molecular weight excluding hydrogens is 324 g/mol. The van der Waals surface area contributed by atoms with Crippen LogP contribution in [0.5, 0.6) is 0 Å². The summed E-state index contributed by atoms with van der Waals surface area (Å²) in [4.78, 5) is 21.0. The number of aromatic nitrogens is 2. The highest BCUT2D eigenvalue weighted by molar-refractivity contribution is 6.02. The molecule has 132 valence electrons. The van der Waals surface area contributed by atoms with Crippen molar-refractivity contribution in [1.82, 2.24) is 9.97 Å². The number of para-hydroxylation sites is 2. The predicted molar refractivity (Wildman–Crippen MR) is 105 cm³/mol. The zero-order valence-corrected chi connectivity index (χ0v) is 15.2. The molecule has 3 rings (SSSR count). The van der Waals surface area contributed by atoms with E-state index < -0.39 is 0 Å². The van der Waals surface area contributed by atoms with Gasteiger partial charge >= 0.3 is 0 Å². The lowest BCUT2D eigenvalue weighted by atomic mass is 9.86. The van der Waals surface area contributed by atoms with Gasteiger partial charge in [-0.15, -0.1) is 0 Å². The van der Waals surface area contributed by atoms with Crippen LogP contribution in [0.2, 0.25) is 0 Å². The molecule has 26 heavy (non-hydrogen) atoms. The number of nitrogens with zero attached hydrogens (tertiary/aromatic N) is 2. The van der Waals surface area contributed by atoms with Gasteiger partial charge in [-0.25, -0.2) is 9.97 Å². The van der Waals surface area contributed by atoms with E-state index in [-0.39, 0.29) is 11.3 Å².